The molecule has 2 aromatic rings. The van der Waals surface area contributed by atoms with Gasteiger partial charge in [-0.25, -0.2) is 0 Å². The molecule has 0 aliphatic rings. The molecule has 19 heavy (non-hydrogen) atoms. The van der Waals surface area contributed by atoms with Crippen molar-refractivity contribution in [1.29, 1.82) is 0 Å². The predicted octanol–water partition coefficient (Wildman–Crippen LogP) is 3.37. The molecule has 1 atom stereocenters. The molecule has 4 nitrogen and oxygen atoms in total. The maximum absolute atomic E-state index is 5.77. The first kappa shape index (κ1) is 13.6. The molecule has 0 aliphatic carbocycles. The Bertz CT molecular complexity index is 504. The Labute approximate surface area is 114 Å². The van der Waals surface area contributed by atoms with E-state index in [-0.39, 0.29) is 0 Å². The summed E-state index contributed by atoms with van der Waals surface area (Å²) >= 11 is 0. The van der Waals surface area contributed by atoms with Gasteiger partial charge in [0.05, 0.1) is 12.4 Å². The van der Waals surface area contributed by atoms with Gasteiger partial charge >= 0.3 is 0 Å². The molecule has 1 aromatic carbocycles. The summed E-state index contributed by atoms with van der Waals surface area (Å²) in [6, 6.07) is 8.47. The number of ether oxygens (including phenoxy) is 1. The number of aryl methyl sites for hydroxylation is 1. The molecule has 0 bridgehead atoms. The number of hydrogen-bond donors (Lipinski definition) is 1. The molecule has 0 saturated carbocycles. The standard InChI is InChI=1S/C15H21N3O/c1-4-9-18-11-15(10-17-18)19-14-7-5-13(6-8-14)12(2)16-3/h5-8,10-12,16H,4,9H2,1-3H3. The molecule has 4 heteroatoms. The van der Waals surface area contributed by atoms with Crippen LogP contribution < -0.4 is 10.1 Å². The van der Waals surface area contributed by atoms with Gasteiger partial charge in [-0.1, -0.05) is 19.1 Å². The molecule has 0 fully saturated rings. The monoisotopic (exact) mass is 259 g/mol. The highest BCUT2D eigenvalue weighted by molar-refractivity contribution is 5.32. The molecule has 0 saturated heterocycles. The zero-order valence-corrected chi connectivity index (χ0v) is 11.8. The molecule has 0 radical (unpaired) electrons. The van der Waals surface area contributed by atoms with Gasteiger partial charge < -0.3 is 10.1 Å². The van der Waals surface area contributed by atoms with Gasteiger partial charge in [0.1, 0.15) is 5.75 Å². The average Bonchev–Trinajstić information content (AvgIpc) is 2.86. The van der Waals surface area contributed by atoms with Crippen LogP contribution in [-0.2, 0) is 6.54 Å². The third kappa shape index (κ3) is 3.58. The molecular weight excluding hydrogens is 238 g/mol. The quantitative estimate of drug-likeness (QED) is 0.864. The van der Waals surface area contributed by atoms with E-state index in [4.69, 9.17) is 4.74 Å². The minimum Gasteiger partial charge on any atom is -0.454 e. The number of rotatable bonds is 6. The molecule has 102 valence electrons. The van der Waals surface area contributed by atoms with Crippen LogP contribution in [0.3, 0.4) is 0 Å². The number of aromatic nitrogens is 2. The van der Waals surface area contributed by atoms with Crippen LogP contribution in [0.1, 0.15) is 31.9 Å². The van der Waals surface area contributed by atoms with Crippen molar-refractivity contribution in [1.82, 2.24) is 15.1 Å². The maximum atomic E-state index is 5.77. The van der Waals surface area contributed by atoms with Gasteiger partial charge in [-0.2, -0.15) is 5.10 Å². The highest BCUT2D eigenvalue weighted by atomic mass is 16.5. The Morgan fingerprint density at radius 2 is 2.00 bits per heavy atom. The van der Waals surface area contributed by atoms with E-state index in [1.165, 1.54) is 5.56 Å². The molecular formula is C15H21N3O. The lowest BCUT2D eigenvalue weighted by Crippen LogP contribution is -2.11. The lowest BCUT2D eigenvalue weighted by atomic mass is 10.1. The van der Waals surface area contributed by atoms with Crippen LogP contribution in [-0.4, -0.2) is 16.8 Å². The summed E-state index contributed by atoms with van der Waals surface area (Å²) in [6.45, 7) is 5.18. The Morgan fingerprint density at radius 1 is 1.26 bits per heavy atom. The number of benzene rings is 1. The van der Waals surface area contributed by atoms with E-state index in [1.54, 1.807) is 6.20 Å². The van der Waals surface area contributed by atoms with E-state index in [1.807, 2.05) is 30.1 Å². The second-order valence-corrected chi connectivity index (χ2v) is 4.62. The Hall–Kier alpha value is -1.81. The van der Waals surface area contributed by atoms with Crippen molar-refractivity contribution in [2.24, 2.45) is 0 Å². The fourth-order valence-electron chi connectivity index (χ4n) is 1.88. The predicted molar refractivity (Wildman–Crippen MR) is 76.5 cm³/mol. The first-order valence-electron chi connectivity index (χ1n) is 6.70. The first-order valence-corrected chi connectivity index (χ1v) is 6.70. The largest absolute Gasteiger partial charge is 0.454 e. The Morgan fingerprint density at radius 3 is 2.63 bits per heavy atom. The number of hydrogen-bond acceptors (Lipinski definition) is 3. The number of nitrogens with one attached hydrogen (secondary N) is 1. The summed E-state index contributed by atoms with van der Waals surface area (Å²) in [6.07, 6.45) is 4.74. The summed E-state index contributed by atoms with van der Waals surface area (Å²) in [7, 11) is 1.96. The van der Waals surface area contributed by atoms with E-state index >= 15 is 0 Å². The highest BCUT2D eigenvalue weighted by Crippen LogP contribution is 2.22. The third-order valence-corrected chi connectivity index (χ3v) is 3.11. The molecule has 1 heterocycles. The minimum atomic E-state index is 0.348. The molecule has 0 spiro atoms. The van der Waals surface area contributed by atoms with E-state index in [0.29, 0.717) is 6.04 Å². The molecule has 1 unspecified atom stereocenters. The van der Waals surface area contributed by atoms with Crippen LogP contribution in [0.25, 0.3) is 0 Å². The summed E-state index contributed by atoms with van der Waals surface area (Å²) < 4.78 is 7.67. The van der Waals surface area contributed by atoms with Crippen molar-refractivity contribution in [2.45, 2.75) is 32.9 Å². The van der Waals surface area contributed by atoms with Gasteiger partial charge in [0.2, 0.25) is 0 Å². The van der Waals surface area contributed by atoms with Crippen LogP contribution in [0, 0.1) is 0 Å². The summed E-state index contributed by atoms with van der Waals surface area (Å²) in [4.78, 5) is 0. The highest BCUT2D eigenvalue weighted by Gasteiger charge is 2.04. The molecule has 1 aromatic heterocycles. The second-order valence-electron chi connectivity index (χ2n) is 4.62. The average molecular weight is 259 g/mol. The van der Waals surface area contributed by atoms with Gasteiger partial charge in [-0.15, -0.1) is 0 Å². The van der Waals surface area contributed by atoms with Crippen molar-refractivity contribution in [3.8, 4) is 11.5 Å². The zero-order valence-electron chi connectivity index (χ0n) is 11.8. The van der Waals surface area contributed by atoms with E-state index in [9.17, 15) is 0 Å². The SMILES string of the molecule is CCCn1cc(Oc2ccc(C(C)NC)cc2)cn1. The number of nitrogens with zero attached hydrogens (tertiary/aromatic N) is 2. The fourth-order valence-corrected chi connectivity index (χ4v) is 1.88. The van der Waals surface area contributed by atoms with Gasteiger partial charge in [0.15, 0.2) is 5.75 Å². The molecule has 2 rings (SSSR count). The molecule has 1 N–H and O–H groups in total. The van der Waals surface area contributed by atoms with Crippen molar-refractivity contribution < 1.29 is 4.74 Å². The van der Waals surface area contributed by atoms with Gasteiger partial charge in [-0.05, 0) is 38.1 Å². The normalized spacial score (nSPS) is 12.4. The van der Waals surface area contributed by atoms with E-state index < -0.39 is 0 Å². The van der Waals surface area contributed by atoms with Gasteiger partial charge in [0, 0.05) is 12.6 Å². The van der Waals surface area contributed by atoms with Crippen molar-refractivity contribution in [3.63, 3.8) is 0 Å². The lowest BCUT2D eigenvalue weighted by Gasteiger charge is -2.11. The van der Waals surface area contributed by atoms with Crippen LogP contribution in [0.5, 0.6) is 11.5 Å². The van der Waals surface area contributed by atoms with Crippen LogP contribution >= 0.6 is 0 Å². The Kier molecular flexibility index (Phi) is 4.58. The van der Waals surface area contributed by atoms with Crippen LogP contribution in [0.4, 0.5) is 0 Å². The second kappa shape index (κ2) is 6.38. The smallest absolute Gasteiger partial charge is 0.165 e. The molecule has 0 aliphatic heterocycles. The minimum absolute atomic E-state index is 0.348. The Balaban J connectivity index is 2.02. The third-order valence-electron chi connectivity index (χ3n) is 3.11. The van der Waals surface area contributed by atoms with E-state index in [0.717, 1.165) is 24.5 Å². The maximum Gasteiger partial charge on any atom is 0.165 e. The summed E-state index contributed by atoms with van der Waals surface area (Å²) in [5.74, 6) is 1.62. The topological polar surface area (TPSA) is 39.1 Å². The van der Waals surface area contributed by atoms with Crippen molar-refractivity contribution in [3.05, 3.63) is 42.2 Å². The van der Waals surface area contributed by atoms with Crippen molar-refractivity contribution in [2.75, 3.05) is 7.05 Å². The van der Waals surface area contributed by atoms with Crippen LogP contribution in [0.2, 0.25) is 0 Å². The lowest BCUT2D eigenvalue weighted by molar-refractivity contribution is 0.480. The molecule has 0 amide bonds. The van der Waals surface area contributed by atoms with Crippen LogP contribution in [0.15, 0.2) is 36.7 Å². The summed E-state index contributed by atoms with van der Waals surface area (Å²) in [5, 5.41) is 7.46. The van der Waals surface area contributed by atoms with Gasteiger partial charge in [-0.3, -0.25) is 4.68 Å². The first-order chi connectivity index (χ1) is 9.22. The fraction of sp³-hybridized carbons (Fsp3) is 0.400. The zero-order chi connectivity index (χ0) is 13.7. The van der Waals surface area contributed by atoms with E-state index in [2.05, 4.69) is 36.4 Å². The van der Waals surface area contributed by atoms with Crippen molar-refractivity contribution >= 4 is 0 Å². The van der Waals surface area contributed by atoms with Gasteiger partial charge in [0.25, 0.3) is 0 Å². The summed E-state index contributed by atoms with van der Waals surface area (Å²) in [5.41, 5.74) is 1.25.